The summed E-state index contributed by atoms with van der Waals surface area (Å²) in [4.78, 5) is 6.90. The van der Waals surface area contributed by atoms with Crippen LogP contribution < -0.4 is 4.72 Å². The minimum atomic E-state index is -3.81. The van der Waals surface area contributed by atoms with Crippen molar-refractivity contribution in [3.63, 3.8) is 0 Å². The maximum atomic E-state index is 11.7. The molecule has 0 amide bonds. The lowest BCUT2D eigenvalue weighted by molar-refractivity contribution is 0.580. The van der Waals surface area contributed by atoms with E-state index < -0.39 is 19.9 Å². The molecular formula is C8H12ClN3O4S2. The highest BCUT2D eigenvalue weighted by Crippen LogP contribution is 2.07. The van der Waals surface area contributed by atoms with Crippen LogP contribution in [-0.4, -0.2) is 44.9 Å². The first kappa shape index (κ1) is 15.3. The minimum Gasteiger partial charge on any atom is -0.229 e. The Morgan fingerprint density at radius 1 is 1.22 bits per heavy atom. The normalized spacial score (nSPS) is 12.6. The molecule has 0 radical (unpaired) electrons. The Labute approximate surface area is 111 Å². The van der Waals surface area contributed by atoms with Crippen molar-refractivity contribution in [3.05, 3.63) is 17.7 Å². The summed E-state index contributed by atoms with van der Waals surface area (Å²) in [5.74, 6) is -0.282. The van der Waals surface area contributed by atoms with Crippen LogP contribution in [0.1, 0.15) is 6.92 Å². The van der Waals surface area contributed by atoms with Gasteiger partial charge in [0.05, 0.1) is 18.1 Å². The summed E-state index contributed by atoms with van der Waals surface area (Å²) >= 11 is 5.43. The number of hydrogen-bond donors (Lipinski definition) is 1. The van der Waals surface area contributed by atoms with Gasteiger partial charge in [0.25, 0.3) is 0 Å². The second-order valence-electron chi connectivity index (χ2n) is 3.32. The van der Waals surface area contributed by atoms with Crippen LogP contribution in [0.2, 0.25) is 5.28 Å². The maximum Gasteiger partial charge on any atom is 0.243 e. The number of aromatic nitrogens is 2. The fourth-order valence-electron chi connectivity index (χ4n) is 0.998. The molecule has 1 rings (SSSR count). The summed E-state index contributed by atoms with van der Waals surface area (Å²) in [7, 11) is -7.02. The zero-order valence-corrected chi connectivity index (χ0v) is 11.9. The van der Waals surface area contributed by atoms with Crippen molar-refractivity contribution in [2.45, 2.75) is 11.8 Å². The van der Waals surface area contributed by atoms with Crippen LogP contribution in [0.15, 0.2) is 17.3 Å². The topological polar surface area (TPSA) is 106 Å². The fraction of sp³-hybridized carbons (Fsp3) is 0.500. The molecule has 0 saturated carbocycles. The van der Waals surface area contributed by atoms with Crippen molar-refractivity contribution in [3.8, 4) is 0 Å². The van der Waals surface area contributed by atoms with Crippen molar-refractivity contribution in [1.82, 2.24) is 14.7 Å². The molecule has 0 unspecified atom stereocenters. The van der Waals surface area contributed by atoms with E-state index in [0.717, 1.165) is 12.4 Å². The number of nitrogens with zero attached hydrogens (tertiary/aromatic N) is 2. The predicted octanol–water partition coefficient (Wildman–Crippen LogP) is -0.157. The van der Waals surface area contributed by atoms with Crippen molar-refractivity contribution < 1.29 is 16.8 Å². The molecule has 0 aromatic carbocycles. The van der Waals surface area contributed by atoms with Gasteiger partial charge in [0.1, 0.15) is 4.90 Å². The van der Waals surface area contributed by atoms with Gasteiger partial charge in [-0.05, 0) is 11.6 Å². The Balaban J connectivity index is 2.69. The van der Waals surface area contributed by atoms with Crippen molar-refractivity contribution in [2.75, 3.05) is 18.1 Å². The number of sulfonamides is 1. The van der Waals surface area contributed by atoms with E-state index in [0.29, 0.717) is 0 Å². The third-order valence-electron chi connectivity index (χ3n) is 2.05. The van der Waals surface area contributed by atoms with E-state index in [1.54, 1.807) is 0 Å². The molecule has 0 aliphatic rings. The van der Waals surface area contributed by atoms with E-state index in [1.807, 2.05) is 0 Å². The van der Waals surface area contributed by atoms with Gasteiger partial charge < -0.3 is 0 Å². The molecule has 0 atom stereocenters. The average Bonchev–Trinajstić information content (AvgIpc) is 2.29. The van der Waals surface area contributed by atoms with E-state index in [1.165, 1.54) is 6.92 Å². The molecule has 1 aromatic rings. The zero-order chi connectivity index (χ0) is 13.8. The molecule has 102 valence electrons. The minimum absolute atomic E-state index is 0.0290. The van der Waals surface area contributed by atoms with Gasteiger partial charge in [0.15, 0.2) is 9.84 Å². The van der Waals surface area contributed by atoms with Gasteiger partial charge in [-0.2, -0.15) is 0 Å². The van der Waals surface area contributed by atoms with Crippen LogP contribution >= 0.6 is 11.6 Å². The summed E-state index contributed by atoms with van der Waals surface area (Å²) < 4.78 is 47.9. The van der Waals surface area contributed by atoms with Crippen LogP contribution in [-0.2, 0) is 19.9 Å². The lowest BCUT2D eigenvalue weighted by Crippen LogP contribution is -2.29. The maximum absolute atomic E-state index is 11.7. The molecule has 0 aliphatic heterocycles. The summed E-state index contributed by atoms with van der Waals surface area (Å²) in [5.41, 5.74) is 0. The van der Waals surface area contributed by atoms with Crippen molar-refractivity contribution in [2.24, 2.45) is 0 Å². The van der Waals surface area contributed by atoms with Crippen molar-refractivity contribution >= 4 is 31.5 Å². The van der Waals surface area contributed by atoms with Crippen LogP contribution in [0.25, 0.3) is 0 Å². The molecule has 0 spiro atoms. The Morgan fingerprint density at radius 3 is 2.28 bits per heavy atom. The Hall–Kier alpha value is -0.770. The summed E-state index contributed by atoms with van der Waals surface area (Å²) in [5, 5.41) is -0.0671. The highest BCUT2D eigenvalue weighted by Gasteiger charge is 2.16. The molecule has 0 aliphatic carbocycles. The van der Waals surface area contributed by atoms with Gasteiger partial charge in [-0.15, -0.1) is 0 Å². The molecular weight excluding hydrogens is 302 g/mol. The van der Waals surface area contributed by atoms with Gasteiger partial charge in [-0.3, -0.25) is 0 Å². The molecule has 1 heterocycles. The van der Waals surface area contributed by atoms with Crippen LogP contribution in [0.4, 0.5) is 0 Å². The third kappa shape index (κ3) is 4.48. The quantitative estimate of drug-likeness (QED) is 0.732. The average molecular weight is 314 g/mol. The van der Waals surface area contributed by atoms with Crippen molar-refractivity contribution in [1.29, 1.82) is 0 Å². The Kier molecular flexibility index (Phi) is 5.02. The highest BCUT2D eigenvalue weighted by molar-refractivity contribution is 7.91. The molecule has 0 fully saturated rings. The largest absolute Gasteiger partial charge is 0.243 e. The number of rotatable bonds is 6. The van der Waals surface area contributed by atoms with E-state index in [4.69, 9.17) is 11.6 Å². The lowest BCUT2D eigenvalue weighted by atomic mass is 10.7. The first-order valence-corrected chi connectivity index (χ1v) is 8.63. The molecule has 0 saturated heterocycles. The molecule has 18 heavy (non-hydrogen) atoms. The van der Waals surface area contributed by atoms with E-state index in [9.17, 15) is 16.8 Å². The van der Waals surface area contributed by atoms with E-state index in [2.05, 4.69) is 14.7 Å². The number of halogens is 1. The van der Waals surface area contributed by atoms with Gasteiger partial charge in [0, 0.05) is 12.3 Å². The van der Waals surface area contributed by atoms with E-state index in [-0.39, 0.29) is 28.2 Å². The van der Waals surface area contributed by atoms with Gasteiger partial charge >= 0.3 is 0 Å². The lowest BCUT2D eigenvalue weighted by Gasteiger charge is -2.05. The second kappa shape index (κ2) is 5.91. The standard InChI is InChI=1S/C8H12ClN3O4S2/c1-2-17(13,14)4-3-12-18(15,16)7-5-10-8(9)11-6-7/h5-6,12H,2-4H2,1H3. The number of sulfone groups is 1. The van der Waals surface area contributed by atoms with Gasteiger partial charge in [-0.1, -0.05) is 6.92 Å². The molecule has 10 heteroatoms. The smallest absolute Gasteiger partial charge is 0.229 e. The monoisotopic (exact) mass is 313 g/mol. The highest BCUT2D eigenvalue weighted by atomic mass is 35.5. The van der Waals surface area contributed by atoms with Crippen LogP contribution in [0.3, 0.4) is 0 Å². The summed E-state index contributed by atoms with van der Waals surface area (Å²) in [6, 6.07) is 0. The fourth-order valence-corrected chi connectivity index (χ4v) is 2.85. The molecule has 1 N–H and O–H groups in total. The zero-order valence-electron chi connectivity index (χ0n) is 9.50. The number of nitrogens with one attached hydrogen (secondary N) is 1. The second-order valence-corrected chi connectivity index (χ2v) is 7.90. The molecule has 1 aromatic heterocycles. The Morgan fingerprint density at radius 2 is 1.78 bits per heavy atom. The summed E-state index contributed by atoms with van der Waals surface area (Å²) in [6.45, 7) is 1.30. The molecule has 7 nitrogen and oxygen atoms in total. The first-order chi connectivity index (χ1) is 8.27. The number of hydrogen-bond acceptors (Lipinski definition) is 6. The summed E-state index contributed by atoms with van der Waals surface area (Å²) in [6.07, 6.45) is 2.10. The SMILES string of the molecule is CCS(=O)(=O)CCNS(=O)(=O)c1cnc(Cl)nc1. The van der Waals surface area contributed by atoms with Crippen LogP contribution in [0, 0.1) is 0 Å². The van der Waals surface area contributed by atoms with Gasteiger partial charge in [-0.25, -0.2) is 31.5 Å². The van der Waals surface area contributed by atoms with Gasteiger partial charge in [0.2, 0.25) is 15.3 Å². The Bertz CT molecular complexity index is 598. The van der Waals surface area contributed by atoms with Crippen LogP contribution in [0.5, 0.6) is 0 Å². The first-order valence-electron chi connectivity index (χ1n) is 4.94. The predicted molar refractivity (Wildman–Crippen MR) is 66.6 cm³/mol. The third-order valence-corrected chi connectivity index (χ3v) is 5.37. The van der Waals surface area contributed by atoms with E-state index >= 15 is 0 Å². The molecule has 0 bridgehead atoms.